The number of ketones is 3. The number of rotatable bonds is 6. The van der Waals surface area contributed by atoms with E-state index in [4.69, 9.17) is 11.6 Å². The minimum Gasteiger partial charge on any atom is -0.376 e. The van der Waals surface area contributed by atoms with Gasteiger partial charge in [0.15, 0.2) is 5.78 Å². The number of fused-ring (bicyclic) bond motifs is 1. The van der Waals surface area contributed by atoms with Crippen molar-refractivity contribution in [2.24, 2.45) is 0 Å². The molecule has 0 aliphatic heterocycles. The van der Waals surface area contributed by atoms with E-state index in [-0.39, 0.29) is 35.3 Å². The number of carbonyl (C=O) groups is 3. The van der Waals surface area contributed by atoms with Crippen LogP contribution in [0.1, 0.15) is 42.2 Å². The molecule has 1 aliphatic rings. The number of carbonyl (C=O) groups excluding carboxylic acids is 3. The smallest absolute Gasteiger partial charge is 0.211 e. The highest BCUT2D eigenvalue weighted by atomic mass is 127. The first-order valence-electron chi connectivity index (χ1n) is 9.73. The molecule has 0 bridgehead atoms. The van der Waals surface area contributed by atoms with Crippen molar-refractivity contribution in [1.29, 1.82) is 0 Å². The zero-order valence-electron chi connectivity index (χ0n) is 16.6. The van der Waals surface area contributed by atoms with Gasteiger partial charge in [-0.25, -0.2) is 4.39 Å². The molecule has 0 saturated heterocycles. The van der Waals surface area contributed by atoms with Gasteiger partial charge in [0.25, 0.3) is 0 Å². The zero-order valence-corrected chi connectivity index (χ0v) is 19.5. The van der Waals surface area contributed by atoms with E-state index in [1.807, 2.05) is 22.6 Å². The molecule has 0 saturated carbocycles. The number of hydrogen-bond donors (Lipinski definition) is 1. The lowest BCUT2D eigenvalue weighted by Gasteiger charge is -2.19. The van der Waals surface area contributed by atoms with Crippen LogP contribution in [0.4, 0.5) is 4.39 Å². The third-order valence-corrected chi connectivity index (χ3v) is 6.21. The molecule has 0 amide bonds. The Morgan fingerprint density at radius 2 is 1.59 bits per heavy atom. The molecule has 3 aromatic rings. The summed E-state index contributed by atoms with van der Waals surface area (Å²) in [4.78, 5) is 37.7. The highest BCUT2D eigenvalue weighted by molar-refractivity contribution is 14.1. The molecule has 3 aromatic carbocycles. The highest BCUT2D eigenvalue weighted by Crippen LogP contribution is 2.27. The van der Waals surface area contributed by atoms with Crippen LogP contribution >= 0.6 is 34.2 Å². The van der Waals surface area contributed by atoms with E-state index < -0.39 is 11.6 Å². The van der Waals surface area contributed by atoms with Crippen LogP contribution in [-0.2, 0) is 13.0 Å². The quantitative estimate of drug-likeness (QED) is 0.321. The second-order valence-electron chi connectivity index (χ2n) is 7.28. The standard InChI is InChI=1S/C25H16ClFINO3/c26-22-23(25(32)19-4-2-1-3-18(19)24(22)31)29-13-14-5-7-15(8-6-14)21(30)11-16-9-10-17(28)12-20(16)27/h1-10,12,29H,11,13H2. The maximum Gasteiger partial charge on any atom is 0.211 e. The molecule has 1 aliphatic carbocycles. The Balaban J connectivity index is 1.44. The lowest BCUT2D eigenvalue weighted by molar-refractivity contribution is 0.0974. The van der Waals surface area contributed by atoms with E-state index in [1.165, 1.54) is 6.07 Å². The normalized spacial score (nSPS) is 13.2. The summed E-state index contributed by atoms with van der Waals surface area (Å²) in [7, 11) is 0. The Morgan fingerprint density at radius 3 is 2.25 bits per heavy atom. The van der Waals surface area contributed by atoms with Crippen LogP contribution in [0.3, 0.4) is 0 Å². The van der Waals surface area contributed by atoms with E-state index in [0.29, 0.717) is 22.3 Å². The molecular formula is C25H16ClFINO3. The van der Waals surface area contributed by atoms with Gasteiger partial charge < -0.3 is 5.32 Å². The van der Waals surface area contributed by atoms with E-state index in [0.717, 1.165) is 9.13 Å². The summed E-state index contributed by atoms with van der Waals surface area (Å²) in [6, 6.07) is 18.1. The molecule has 160 valence electrons. The van der Waals surface area contributed by atoms with Crippen LogP contribution in [0.25, 0.3) is 0 Å². The van der Waals surface area contributed by atoms with Crippen molar-refractivity contribution < 1.29 is 18.8 Å². The molecule has 0 radical (unpaired) electrons. The third-order valence-electron chi connectivity index (χ3n) is 5.17. The molecule has 0 unspecified atom stereocenters. The molecule has 0 atom stereocenters. The van der Waals surface area contributed by atoms with E-state index in [9.17, 15) is 18.8 Å². The molecular weight excluding hydrogens is 544 g/mol. The van der Waals surface area contributed by atoms with Gasteiger partial charge in [0.05, 0.1) is 0 Å². The minimum atomic E-state index is -0.399. The monoisotopic (exact) mass is 559 g/mol. The molecule has 7 heteroatoms. The zero-order chi connectivity index (χ0) is 22.8. The molecule has 0 spiro atoms. The minimum absolute atomic E-state index is 0.0289. The van der Waals surface area contributed by atoms with Crippen molar-refractivity contribution >= 4 is 51.5 Å². The van der Waals surface area contributed by atoms with Gasteiger partial charge in [-0.3, -0.25) is 14.4 Å². The van der Waals surface area contributed by atoms with Crippen LogP contribution in [-0.4, -0.2) is 17.3 Å². The second kappa shape index (κ2) is 9.34. The number of Topliss-reactive ketones (excluding diaryl/α,β-unsaturated/α-hetero) is 3. The first-order chi connectivity index (χ1) is 15.3. The number of benzene rings is 3. The maximum atomic E-state index is 14.0. The lowest BCUT2D eigenvalue weighted by atomic mass is 9.92. The number of hydrogen-bond acceptors (Lipinski definition) is 4. The number of nitrogens with one attached hydrogen (secondary N) is 1. The molecule has 4 rings (SSSR count). The molecule has 0 heterocycles. The van der Waals surface area contributed by atoms with Gasteiger partial charge in [0.1, 0.15) is 16.5 Å². The Morgan fingerprint density at radius 1 is 0.938 bits per heavy atom. The van der Waals surface area contributed by atoms with E-state index in [2.05, 4.69) is 5.32 Å². The fourth-order valence-corrected chi connectivity index (χ4v) is 4.15. The fourth-order valence-electron chi connectivity index (χ4n) is 3.44. The van der Waals surface area contributed by atoms with Crippen molar-refractivity contribution in [2.45, 2.75) is 13.0 Å². The van der Waals surface area contributed by atoms with Crippen molar-refractivity contribution in [1.82, 2.24) is 5.32 Å². The average molecular weight is 560 g/mol. The van der Waals surface area contributed by atoms with Crippen molar-refractivity contribution in [2.75, 3.05) is 0 Å². The Hall–Kier alpha value is -2.84. The summed E-state index contributed by atoms with van der Waals surface area (Å²) in [5, 5.41) is 2.81. The predicted molar refractivity (Wildman–Crippen MR) is 128 cm³/mol. The molecule has 32 heavy (non-hydrogen) atoms. The molecule has 4 nitrogen and oxygen atoms in total. The van der Waals surface area contributed by atoms with E-state index >= 15 is 0 Å². The van der Waals surface area contributed by atoms with Crippen molar-refractivity contribution in [3.8, 4) is 0 Å². The predicted octanol–water partition coefficient (Wildman–Crippen LogP) is 5.47. The first kappa shape index (κ1) is 22.4. The topological polar surface area (TPSA) is 63.2 Å². The van der Waals surface area contributed by atoms with Gasteiger partial charge in [-0.05, 0) is 45.9 Å². The summed E-state index contributed by atoms with van der Waals surface area (Å²) in [6.45, 7) is 0.243. The summed E-state index contributed by atoms with van der Waals surface area (Å²) < 4.78 is 14.8. The molecule has 0 aromatic heterocycles. The second-order valence-corrected chi connectivity index (χ2v) is 8.90. The fraction of sp³-hybridized carbons (Fsp3) is 0.0800. The number of halogens is 3. The maximum absolute atomic E-state index is 14.0. The van der Waals surface area contributed by atoms with Crippen LogP contribution in [0.15, 0.2) is 77.5 Å². The summed E-state index contributed by atoms with van der Waals surface area (Å²) in [5.41, 5.74) is 2.27. The van der Waals surface area contributed by atoms with Crippen LogP contribution in [0.5, 0.6) is 0 Å². The average Bonchev–Trinajstić information content (AvgIpc) is 2.79. The summed E-state index contributed by atoms with van der Waals surface area (Å²) in [5.74, 6) is -1.32. The van der Waals surface area contributed by atoms with Gasteiger partial charge in [-0.1, -0.05) is 66.2 Å². The van der Waals surface area contributed by atoms with Crippen LogP contribution in [0.2, 0.25) is 0 Å². The van der Waals surface area contributed by atoms with E-state index in [1.54, 1.807) is 60.7 Å². The Bertz CT molecular complexity index is 1280. The molecule has 1 N–H and O–H groups in total. The van der Waals surface area contributed by atoms with Gasteiger partial charge in [0, 0.05) is 33.2 Å². The van der Waals surface area contributed by atoms with Crippen LogP contribution < -0.4 is 5.32 Å². The van der Waals surface area contributed by atoms with Crippen LogP contribution in [0, 0.1) is 9.39 Å². The SMILES string of the molecule is O=C(Cc1ccc(I)cc1F)c1ccc(CNC2=C(Cl)C(=O)c3ccccc3C2=O)cc1. The summed E-state index contributed by atoms with van der Waals surface area (Å²) in [6.07, 6.45) is -0.0289. The van der Waals surface area contributed by atoms with Crippen molar-refractivity contribution in [3.05, 3.63) is 115 Å². The number of allylic oxidation sites excluding steroid dienone is 2. The third kappa shape index (κ3) is 4.52. The highest BCUT2D eigenvalue weighted by Gasteiger charge is 2.30. The Labute approximate surface area is 202 Å². The Kier molecular flexibility index (Phi) is 6.53. The van der Waals surface area contributed by atoms with Gasteiger partial charge >= 0.3 is 0 Å². The first-order valence-corrected chi connectivity index (χ1v) is 11.2. The summed E-state index contributed by atoms with van der Waals surface area (Å²) >= 11 is 8.18. The van der Waals surface area contributed by atoms with Crippen molar-refractivity contribution in [3.63, 3.8) is 0 Å². The largest absolute Gasteiger partial charge is 0.376 e. The molecule has 0 fully saturated rings. The van der Waals surface area contributed by atoms with Gasteiger partial charge in [0.2, 0.25) is 11.6 Å². The lowest BCUT2D eigenvalue weighted by Crippen LogP contribution is -2.28. The van der Waals surface area contributed by atoms with Gasteiger partial charge in [-0.2, -0.15) is 0 Å². The van der Waals surface area contributed by atoms with Gasteiger partial charge in [-0.15, -0.1) is 0 Å².